The smallest absolute Gasteiger partial charge is 0.306 e. The van der Waals surface area contributed by atoms with Gasteiger partial charge in [0.1, 0.15) is 0 Å². The third-order valence-corrected chi connectivity index (χ3v) is 3.21. The van der Waals surface area contributed by atoms with Gasteiger partial charge in [0.15, 0.2) is 0 Å². The van der Waals surface area contributed by atoms with Gasteiger partial charge < -0.3 is 10.4 Å². The summed E-state index contributed by atoms with van der Waals surface area (Å²) in [5, 5.41) is 12.2. The fraction of sp³-hybridized carbons (Fsp3) is 0.889. The second-order valence-corrected chi connectivity index (χ2v) is 4.11. The summed E-state index contributed by atoms with van der Waals surface area (Å²) in [6, 6.07) is 0. The molecule has 1 aliphatic carbocycles. The monoisotopic (exact) mass is 205 g/mol. The fourth-order valence-electron chi connectivity index (χ4n) is 2.44. The molecule has 3 nitrogen and oxygen atoms in total. The van der Waals surface area contributed by atoms with Crippen molar-refractivity contribution in [3.05, 3.63) is 0 Å². The molecule has 2 rings (SSSR count). The average molecular weight is 206 g/mol. The van der Waals surface area contributed by atoms with Gasteiger partial charge in [0, 0.05) is 5.54 Å². The van der Waals surface area contributed by atoms with E-state index >= 15 is 0 Å². The van der Waals surface area contributed by atoms with Crippen LogP contribution in [0, 0.1) is 5.92 Å². The number of aliphatic carboxylic acids is 1. The molecule has 0 unspecified atom stereocenters. The van der Waals surface area contributed by atoms with Crippen molar-refractivity contribution in [2.24, 2.45) is 5.92 Å². The van der Waals surface area contributed by atoms with E-state index in [1.807, 2.05) is 0 Å². The minimum atomic E-state index is -0.618. The first kappa shape index (κ1) is 10.8. The Labute approximate surface area is 84.3 Å². The highest BCUT2D eigenvalue weighted by molar-refractivity contribution is 5.85. The molecule has 0 atom stereocenters. The summed E-state index contributed by atoms with van der Waals surface area (Å²) in [6.07, 6.45) is 5.39. The molecule has 2 N–H and O–H groups in total. The maximum Gasteiger partial charge on any atom is 0.306 e. The molecule has 0 bridgehead atoms. The van der Waals surface area contributed by atoms with E-state index in [0.29, 0.717) is 0 Å². The lowest BCUT2D eigenvalue weighted by Gasteiger charge is -2.49. The number of hydrogen-bond acceptors (Lipinski definition) is 2. The number of rotatable bonds is 1. The minimum Gasteiger partial charge on any atom is -0.481 e. The number of nitrogens with one attached hydrogen (secondary N) is 1. The van der Waals surface area contributed by atoms with Crippen LogP contribution in [0.25, 0.3) is 0 Å². The lowest BCUT2D eigenvalue weighted by atomic mass is 9.65. The van der Waals surface area contributed by atoms with E-state index in [1.54, 1.807) is 0 Å². The van der Waals surface area contributed by atoms with Crippen LogP contribution in [0.2, 0.25) is 0 Å². The molecular weight excluding hydrogens is 190 g/mol. The molecule has 76 valence electrons. The van der Waals surface area contributed by atoms with Gasteiger partial charge in [-0.15, -0.1) is 12.4 Å². The number of hydrogen-bond donors (Lipinski definition) is 2. The maximum atomic E-state index is 10.6. The van der Waals surface area contributed by atoms with Crippen LogP contribution < -0.4 is 5.32 Å². The second-order valence-electron chi connectivity index (χ2n) is 4.11. The number of piperidine rings is 1. The Hall–Kier alpha value is -0.280. The van der Waals surface area contributed by atoms with Crippen LogP contribution in [0.5, 0.6) is 0 Å². The molecule has 0 aromatic rings. The minimum absolute atomic E-state index is 0. The summed E-state index contributed by atoms with van der Waals surface area (Å²) < 4.78 is 0. The van der Waals surface area contributed by atoms with Crippen LogP contribution in [0.3, 0.4) is 0 Å². The Bertz CT molecular complexity index is 194. The fourth-order valence-corrected chi connectivity index (χ4v) is 2.44. The zero-order chi connectivity index (χ0) is 8.60. The first-order chi connectivity index (χ1) is 5.72. The summed E-state index contributed by atoms with van der Waals surface area (Å²) in [6.45, 7) is 1.08. The van der Waals surface area contributed by atoms with Crippen molar-refractivity contribution in [3.8, 4) is 0 Å². The van der Waals surface area contributed by atoms with Crippen LogP contribution in [-0.2, 0) is 4.79 Å². The highest BCUT2D eigenvalue weighted by Crippen LogP contribution is 2.42. The summed E-state index contributed by atoms with van der Waals surface area (Å²) in [7, 11) is 0. The molecule has 0 aromatic heterocycles. The Morgan fingerprint density at radius 3 is 2.54 bits per heavy atom. The molecule has 1 aliphatic heterocycles. The number of carbonyl (C=O) groups is 1. The topological polar surface area (TPSA) is 49.3 Å². The van der Waals surface area contributed by atoms with Gasteiger partial charge >= 0.3 is 5.97 Å². The quantitative estimate of drug-likeness (QED) is 0.681. The molecule has 0 amide bonds. The third kappa shape index (κ3) is 1.97. The molecule has 2 fully saturated rings. The SMILES string of the molecule is Cl.O=C(O)C1CC2(CCCCN2)C1. The van der Waals surface area contributed by atoms with E-state index in [4.69, 9.17) is 5.11 Å². The Morgan fingerprint density at radius 1 is 1.38 bits per heavy atom. The highest BCUT2D eigenvalue weighted by Gasteiger charge is 2.47. The molecule has 1 saturated carbocycles. The first-order valence-electron chi connectivity index (χ1n) is 4.70. The van der Waals surface area contributed by atoms with E-state index < -0.39 is 5.97 Å². The summed E-state index contributed by atoms with van der Waals surface area (Å²) >= 11 is 0. The lowest BCUT2D eigenvalue weighted by molar-refractivity contribution is -0.148. The predicted octanol–water partition coefficient (Wildman–Crippen LogP) is 1.42. The van der Waals surface area contributed by atoms with Crippen molar-refractivity contribution >= 4 is 18.4 Å². The molecule has 0 radical (unpaired) electrons. The standard InChI is InChI=1S/C9H15NO2.ClH/c11-8(12)7-5-9(6-7)3-1-2-4-10-9;/h7,10H,1-6H2,(H,11,12);1H. The van der Waals surface area contributed by atoms with Gasteiger partial charge in [0.25, 0.3) is 0 Å². The number of carboxylic acids is 1. The van der Waals surface area contributed by atoms with Crippen LogP contribution >= 0.6 is 12.4 Å². The highest BCUT2D eigenvalue weighted by atomic mass is 35.5. The van der Waals surface area contributed by atoms with Crippen LogP contribution in [0.4, 0.5) is 0 Å². The average Bonchev–Trinajstić information content (AvgIpc) is 2.01. The van der Waals surface area contributed by atoms with E-state index in [2.05, 4.69) is 5.32 Å². The molecule has 13 heavy (non-hydrogen) atoms. The van der Waals surface area contributed by atoms with Crippen molar-refractivity contribution in [2.75, 3.05) is 6.54 Å². The largest absolute Gasteiger partial charge is 0.481 e. The van der Waals surface area contributed by atoms with Crippen molar-refractivity contribution in [1.29, 1.82) is 0 Å². The van der Waals surface area contributed by atoms with Crippen molar-refractivity contribution in [1.82, 2.24) is 5.32 Å². The normalized spacial score (nSPS) is 37.7. The molecule has 1 spiro atoms. The van der Waals surface area contributed by atoms with Crippen molar-refractivity contribution in [3.63, 3.8) is 0 Å². The van der Waals surface area contributed by atoms with E-state index in [9.17, 15) is 4.79 Å². The second kappa shape index (κ2) is 3.84. The Balaban J connectivity index is 0.000000845. The molecule has 0 aromatic carbocycles. The van der Waals surface area contributed by atoms with Gasteiger partial charge in [-0.25, -0.2) is 0 Å². The Kier molecular flexibility index (Phi) is 3.19. The maximum absolute atomic E-state index is 10.6. The van der Waals surface area contributed by atoms with Crippen LogP contribution in [-0.4, -0.2) is 23.2 Å². The molecular formula is C9H16ClNO2. The first-order valence-corrected chi connectivity index (χ1v) is 4.70. The van der Waals surface area contributed by atoms with Crippen LogP contribution in [0.1, 0.15) is 32.1 Å². The van der Waals surface area contributed by atoms with E-state index in [-0.39, 0.29) is 23.9 Å². The Morgan fingerprint density at radius 2 is 2.08 bits per heavy atom. The molecule has 4 heteroatoms. The number of halogens is 1. The zero-order valence-electron chi connectivity index (χ0n) is 7.58. The van der Waals surface area contributed by atoms with Gasteiger partial charge in [-0.2, -0.15) is 0 Å². The summed E-state index contributed by atoms with van der Waals surface area (Å²) in [4.78, 5) is 10.6. The molecule has 1 heterocycles. The van der Waals surface area contributed by atoms with Gasteiger partial charge in [-0.05, 0) is 32.2 Å². The van der Waals surface area contributed by atoms with Gasteiger partial charge in [0.2, 0.25) is 0 Å². The van der Waals surface area contributed by atoms with Crippen molar-refractivity contribution < 1.29 is 9.90 Å². The summed E-state index contributed by atoms with van der Waals surface area (Å²) in [5.41, 5.74) is 0.224. The predicted molar refractivity (Wildman–Crippen MR) is 52.2 cm³/mol. The zero-order valence-corrected chi connectivity index (χ0v) is 8.40. The molecule has 1 saturated heterocycles. The number of carboxylic acid groups (broad SMARTS) is 1. The molecule has 2 aliphatic rings. The van der Waals surface area contributed by atoms with E-state index in [1.165, 1.54) is 19.3 Å². The lowest BCUT2D eigenvalue weighted by Crippen LogP contribution is -2.58. The third-order valence-electron chi connectivity index (χ3n) is 3.21. The van der Waals surface area contributed by atoms with Gasteiger partial charge in [0.05, 0.1) is 5.92 Å². The van der Waals surface area contributed by atoms with Crippen molar-refractivity contribution in [2.45, 2.75) is 37.6 Å². The van der Waals surface area contributed by atoms with E-state index in [0.717, 1.165) is 19.4 Å². The van der Waals surface area contributed by atoms with Gasteiger partial charge in [-0.1, -0.05) is 6.42 Å². The van der Waals surface area contributed by atoms with Gasteiger partial charge in [-0.3, -0.25) is 4.79 Å². The van der Waals surface area contributed by atoms with Crippen LogP contribution in [0.15, 0.2) is 0 Å². The summed E-state index contributed by atoms with van der Waals surface area (Å²) in [5.74, 6) is -0.691.